The van der Waals surface area contributed by atoms with Crippen molar-refractivity contribution in [1.29, 1.82) is 0 Å². The fourth-order valence-electron chi connectivity index (χ4n) is 3.63. The molecule has 0 aromatic carbocycles. The van der Waals surface area contributed by atoms with Crippen LogP contribution < -0.4 is 0 Å². The van der Waals surface area contributed by atoms with Gasteiger partial charge in [-0.1, -0.05) is 27.7 Å². The summed E-state index contributed by atoms with van der Waals surface area (Å²) in [6, 6.07) is 0. The van der Waals surface area contributed by atoms with Gasteiger partial charge in [0.15, 0.2) is 0 Å². The quantitative estimate of drug-likeness (QED) is 0.628. The molecule has 0 aromatic rings. The summed E-state index contributed by atoms with van der Waals surface area (Å²) in [5.74, 6) is 1.03. The smallest absolute Gasteiger partial charge is 0.0235 e. The average molecular weight is 258 g/mol. The zero-order chi connectivity index (χ0) is 11.7. The van der Waals surface area contributed by atoms with Gasteiger partial charge in [-0.3, -0.25) is 0 Å². The Kier molecular flexibility index (Phi) is 4.71. The Morgan fingerprint density at radius 3 is 2.00 bits per heavy atom. The molecule has 2 aliphatic rings. The first-order valence-electron chi connectivity index (χ1n) is 7.07. The van der Waals surface area contributed by atoms with E-state index in [0.29, 0.717) is 15.8 Å². The van der Waals surface area contributed by atoms with Crippen LogP contribution in [0.3, 0.4) is 0 Å². The maximum Gasteiger partial charge on any atom is -0.0235 e. The van der Waals surface area contributed by atoms with Gasteiger partial charge in [0.25, 0.3) is 0 Å². The first kappa shape index (κ1) is 13.3. The highest BCUT2D eigenvalue weighted by atomic mass is 31.1. The molecule has 2 heterocycles. The predicted molar refractivity (Wildman–Crippen MR) is 79.8 cm³/mol. The lowest BCUT2D eigenvalue weighted by atomic mass is 10.1. The molecule has 16 heavy (non-hydrogen) atoms. The van der Waals surface area contributed by atoms with Crippen molar-refractivity contribution in [3.63, 3.8) is 0 Å². The largest absolute Gasteiger partial charge is 0.103 e. The Labute approximate surface area is 104 Å². The summed E-state index contributed by atoms with van der Waals surface area (Å²) in [4.78, 5) is 0. The molecule has 0 aromatic heterocycles. The third-order valence-electron chi connectivity index (χ3n) is 4.69. The van der Waals surface area contributed by atoms with E-state index in [1.54, 1.807) is 18.5 Å². The van der Waals surface area contributed by atoms with Gasteiger partial charge in [0.2, 0.25) is 0 Å². The van der Waals surface area contributed by atoms with E-state index in [1.165, 1.54) is 19.3 Å². The lowest BCUT2D eigenvalue weighted by Crippen LogP contribution is -2.05. The van der Waals surface area contributed by atoms with Crippen molar-refractivity contribution < 1.29 is 0 Å². The van der Waals surface area contributed by atoms with E-state index >= 15 is 0 Å². The van der Waals surface area contributed by atoms with Crippen molar-refractivity contribution in [2.24, 2.45) is 5.92 Å². The second-order valence-corrected chi connectivity index (χ2v) is 12.3. The topological polar surface area (TPSA) is 0 Å². The molecule has 5 atom stereocenters. The second-order valence-electron chi connectivity index (χ2n) is 6.20. The van der Waals surface area contributed by atoms with Crippen molar-refractivity contribution in [3.8, 4) is 0 Å². The van der Waals surface area contributed by atoms with Crippen LogP contribution in [0, 0.1) is 5.92 Å². The Morgan fingerprint density at radius 1 is 0.875 bits per heavy atom. The fraction of sp³-hybridized carbons (Fsp3) is 1.00. The highest BCUT2D eigenvalue weighted by molar-refractivity contribution is 7.63. The van der Waals surface area contributed by atoms with E-state index < -0.39 is 0 Å². The van der Waals surface area contributed by atoms with E-state index in [2.05, 4.69) is 27.7 Å². The minimum Gasteiger partial charge on any atom is -0.103 e. The van der Waals surface area contributed by atoms with Crippen molar-refractivity contribution in [2.75, 3.05) is 18.5 Å². The Balaban J connectivity index is 1.78. The van der Waals surface area contributed by atoms with Crippen molar-refractivity contribution in [3.05, 3.63) is 0 Å². The molecule has 2 aliphatic heterocycles. The maximum atomic E-state index is 2.52. The van der Waals surface area contributed by atoms with Crippen molar-refractivity contribution in [2.45, 2.75) is 63.9 Å². The minimum atomic E-state index is 0.399. The molecule has 94 valence electrons. The third-order valence-corrected chi connectivity index (χ3v) is 11.9. The monoisotopic (exact) mass is 258 g/mol. The number of hydrogen-bond acceptors (Lipinski definition) is 0. The minimum absolute atomic E-state index is 0.399. The molecule has 2 saturated heterocycles. The number of hydrogen-bond donors (Lipinski definition) is 0. The highest BCUT2D eigenvalue weighted by Gasteiger charge is 2.32. The van der Waals surface area contributed by atoms with E-state index in [-0.39, 0.29) is 0 Å². The van der Waals surface area contributed by atoms with Gasteiger partial charge in [0, 0.05) is 0 Å². The van der Waals surface area contributed by atoms with E-state index in [1.807, 2.05) is 0 Å². The van der Waals surface area contributed by atoms with Gasteiger partial charge >= 0.3 is 0 Å². The molecule has 0 radical (unpaired) electrons. The normalized spacial score (nSPS) is 45.4. The molecular weight excluding hydrogens is 230 g/mol. The molecule has 2 heteroatoms. The molecule has 2 fully saturated rings. The van der Waals surface area contributed by atoms with Crippen LogP contribution in [0.5, 0.6) is 0 Å². The molecule has 0 spiro atoms. The summed E-state index contributed by atoms with van der Waals surface area (Å²) in [5.41, 5.74) is 3.24. The first-order chi connectivity index (χ1) is 7.58. The summed E-state index contributed by atoms with van der Waals surface area (Å²) in [5, 5.41) is 0. The van der Waals surface area contributed by atoms with Gasteiger partial charge in [-0.25, -0.2) is 0 Å². The van der Waals surface area contributed by atoms with Gasteiger partial charge in [0.05, 0.1) is 0 Å². The van der Waals surface area contributed by atoms with Crippen LogP contribution in [-0.4, -0.2) is 35.5 Å². The zero-order valence-corrected chi connectivity index (χ0v) is 13.2. The molecule has 2 rings (SSSR count). The van der Waals surface area contributed by atoms with Crippen LogP contribution in [-0.2, 0) is 0 Å². The zero-order valence-electron chi connectivity index (χ0n) is 11.4. The lowest BCUT2D eigenvalue weighted by Gasteiger charge is -2.24. The van der Waals surface area contributed by atoms with E-state index in [9.17, 15) is 0 Å². The van der Waals surface area contributed by atoms with Crippen LogP contribution >= 0.6 is 15.8 Å². The van der Waals surface area contributed by atoms with Gasteiger partial charge in [-0.15, -0.1) is 15.8 Å². The summed E-state index contributed by atoms with van der Waals surface area (Å²) in [6.45, 7) is 10.0. The molecule has 0 amide bonds. The van der Waals surface area contributed by atoms with Gasteiger partial charge < -0.3 is 0 Å². The van der Waals surface area contributed by atoms with Crippen molar-refractivity contribution in [1.82, 2.24) is 0 Å². The molecule has 1 unspecified atom stereocenters. The van der Waals surface area contributed by atoms with Gasteiger partial charge in [-0.2, -0.15) is 0 Å². The Bertz CT molecular complexity index is 219. The first-order valence-corrected chi connectivity index (χ1v) is 10.5. The molecule has 0 N–H and O–H groups in total. The Morgan fingerprint density at radius 2 is 1.50 bits per heavy atom. The maximum absolute atomic E-state index is 2.52. The SMILES string of the molecule is C[C@@H]1C[C@@H](C)P(CCP2[C@H](C)CC[C@H]2C)C1. The number of rotatable bonds is 3. The molecule has 0 aliphatic carbocycles. The summed E-state index contributed by atoms with van der Waals surface area (Å²) in [6.07, 6.45) is 9.38. The van der Waals surface area contributed by atoms with Crippen LogP contribution in [0.1, 0.15) is 47.0 Å². The summed E-state index contributed by atoms with van der Waals surface area (Å²) in [7, 11) is 0.815. The van der Waals surface area contributed by atoms with E-state index in [4.69, 9.17) is 0 Å². The average Bonchev–Trinajstić information content (AvgIpc) is 2.69. The van der Waals surface area contributed by atoms with Crippen LogP contribution in [0.2, 0.25) is 0 Å². The van der Waals surface area contributed by atoms with Crippen LogP contribution in [0.25, 0.3) is 0 Å². The highest BCUT2D eigenvalue weighted by Crippen LogP contribution is 2.59. The van der Waals surface area contributed by atoms with Crippen LogP contribution in [0.15, 0.2) is 0 Å². The molecule has 0 saturated carbocycles. The summed E-state index contributed by atoms with van der Waals surface area (Å²) < 4.78 is 0. The lowest BCUT2D eigenvalue weighted by molar-refractivity contribution is 0.626. The molecule has 0 nitrogen and oxygen atoms in total. The van der Waals surface area contributed by atoms with Gasteiger partial charge in [0.1, 0.15) is 0 Å². The second kappa shape index (κ2) is 5.67. The van der Waals surface area contributed by atoms with E-state index in [0.717, 1.165) is 22.9 Å². The van der Waals surface area contributed by atoms with Crippen molar-refractivity contribution >= 4 is 15.8 Å². The molecule has 0 bridgehead atoms. The molecular formula is C14H28P2. The standard InChI is InChI=1S/C14H28P2/c1-11-9-14(4)15(10-11)7-8-16-12(2)5-6-13(16)3/h11-14H,5-10H2,1-4H3/t11-,12-,13-,14-,15?/m1/s1. The predicted octanol–water partition coefficient (Wildman–Crippen LogP) is 4.95. The van der Waals surface area contributed by atoms with Gasteiger partial charge in [-0.05, 0) is 60.6 Å². The Hall–Kier alpha value is 0.860. The summed E-state index contributed by atoms with van der Waals surface area (Å²) >= 11 is 0. The third kappa shape index (κ3) is 3.00. The van der Waals surface area contributed by atoms with Crippen LogP contribution in [0.4, 0.5) is 0 Å². The fourth-order valence-corrected chi connectivity index (χ4v) is 10.9.